The molecule has 0 radical (unpaired) electrons. The van der Waals surface area contributed by atoms with Crippen LogP contribution in [-0.4, -0.2) is 132 Å². The van der Waals surface area contributed by atoms with Crippen molar-refractivity contribution in [2.75, 3.05) is 0 Å². The van der Waals surface area contributed by atoms with Crippen molar-refractivity contribution >= 4 is 23.7 Å². The number of aliphatic carboxylic acids is 3. The summed E-state index contributed by atoms with van der Waals surface area (Å²) in [5.74, 6) is -4.47. The van der Waals surface area contributed by atoms with E-state index in [2.05, 4.69) is 27.7 Å². The van der Waals surface area contributed by atoms with Gasteiger partial charge in [0, 0.05) is 5.92 Å². The van der Waals surface area contributed by atoms with Gasteiger partial charge in [-0.15, -0.1) is 0 Å². The van der Waals surface area contributed by atoms with E-state index in [0.717, 1.165) is 37.7 Å². The zero-order valence-electron chi connectivity index (χ0n) is 34.4. The molecule has 326 valence electrons. The molecule has 2 saturated heterocycles. The number of carboxylic acids is 3. The minimum atomic E-state index is -2.05. The van der Waals surface area contributed by atoms with Crippen molar-refractivity contribution in [2.45, 2.75) is 174 Å². The molecule has 0 aromatic heterocycles. The largest absolute Gasteiger partial charge is 0.481 e. The molecule has 7 aliphatic rings. The van der Waals surface area contributed by atoms with Crippen LogP contribution in [0.25, 0.3) is 0 Å². The summed E-state index contributed by atoms with van der Waals surface area (Å²) in [6, 6.07) is 0. The standard InChI is InChI=1S/C42H62O16/c1-37(2)21-8-11-42(7)31(20(43)16-18-19-17-39(4,36(53)54)13-12-38(19,3)14-15-41(18,42)6)40(21,5)10-9-22(37)55-35-30(26(47)25(46)29(57-35)33(51)52)58-34-27(48)23(44)24(45)28(56-34)32(49)50/h16,19,21-31,34-35,44-48H,8-15,17H2,1-7H3,(H,49,50)(H,51,52)(H,53,54)/t19-,21+,22+,23?,24+,25?,26+,27?,28?,29?,30-,31-,34+,35+,38-,39+,40+,41-,42-/m1/s1. The average molecular weight is 823 g/mol. The molecule has 0 aromatic carbocycles. The molecule has 19 atom stereocenters. The van der Waals surface area contributed by atoms with Gasteiger partial charge in [-0.05, 0) is 110 Å². The Bertz CT molecular complexity index is 1730. The minimum absolute atomic E-state index is 0.0217. The molecule has 0 aromatic rings. The number of carbonyl (C=O) groups excluding carboxylic acids is 1. The molecule has 8 N–H and O–H groups in total. The van der Waals surface area contributed by atoms with Crippen LogP contribution in [0.3, 0.4) is 0 Å². The molecular formula is C42H62O16. The highest BCUT2D eigenvalue weighted by molar-refractivity contribution is 5.95. The maximum atomic E-state index is 14.8. The van der Waals surface area contributed by atoms with Gasteiger partial charge in [-0.25, -0.2) is 9.59 Å². The average Bonchev–Trinajstić information content (AvgIpc) is 3.13. The first kappa shape index (κ1) is 43.5. The summed E-state index contributed by atoms with van der Waals surface area (Å²) < 4.78 is 23.4. The summed E-state index contributed by atoms with van der Waals surface area (Å²) in [5, 5.41) is 83.0. The zero-order valence-corrected chi connectivity index (χ0v) is 34.4. The van der Waals surface area contributed by atoms with Crippen molar-refractivity contribution in [3.8, 4) is 0 Å². The van der Waals surface area contributed by atoms with E-state index in [4.69, 9.17) is 18.9 Å². The molecule has 16 heteroatoms. The van der Waals surface area contributed by atoms with Crippen molar-refractivity contribution in [3.05, 3.63) is 11.6 Å². The van der Waals surface area contributed by atoms with Crippen LogP contribution in [0.5, 0.6) is 0 Å². The van der Waals surface area contributed by atoms with Crippen LogP contribution >= 0.6 is 0 Å². The highest BCUT2D eigenvalue weighted by atomic mass is 16.8. The van der Waals surface area contributed by atoms with Crippen molar-refractivity contribution in [2.24, 2.45) is 50.2 Å². The molecule has 7 rings (SSSR count). The van der Waals surface area contributed by atoms with Crippen LogP contribution in [0.4, 0.5) is 0 Å². The summed E-state index contributed by atoms with van der Waals surface area (Å²) in [6.45, 7) is 14.8. The Morgan fingerprint density at radius 3 is 1.88 bits per heavy atom. The van der Waals surface area contributed by atoms with Gasteiger partial charge in [-0.3, -0.25) is 9.59 Å². The highest BCUT2D eigenvalue weighted by Crippen LogP contribution is 2.75. The van der Waals surface area contributed by atoms with Crippen molar-refractivity contribution in [3.63, 3.8) is 0 Å². The second-order valence-electron chi connectivity index (χ2n) is 20.6. The zero-order chi connectivity index (χ0) is 42.9. The first-order valence-corrected chi connectivity index (χ1v) is 20.7. The molecule has 0 bridgehead atoms. The first-order chi connectivity index (χ1) is 26.8. The van der Waals surface area contributed by atoms with E-state index < -0.39 is 107 Å². The topological polar surface area (TPSA) is 267 Å². The van der Waals surface area contributed by atoms with Crippen LogP contribution in [0.15, 0.2) is 11.6 Å². The summed E-state index contributed by atoms with van der Waals surface area (Å²) in [7, 11) is 0. The van der Waals surface area contributed by atoms with Gasteiger partial charge >= 0.3 is 17.9 Å². The summed E-state index contributed by atoms with van der Waals surface area (Å²) in [4.78, 5) is 51.3. The maximum Gasteiger partial charge on any atom is 0.335 e. The van der Waals surface area contributed by atoms with Crippen LogP contribution < -0.4 is 0 Å². The third-order valence-corrected chi connectivity index (χ3v) is 17.2. The van der Waals surface area contributed by atoms with E-state index in [1.165, 1.54) is 0 Å². The predicted octanol–water partition coefficient (Wildman–Crippen LogP) is 2.25. The number of ketones is 1. The van der Waals surface area contributed by atoms with Gasteiger partial charge < -0.3 is 59.8 Å². The van der Waals surface area contributed by atoms with E-state index in [9.17, 15) is 60.0 Å². The van der Waals surface area contributed by atoms with Gasteiger partial charge in [0.1, 0.15) is 36.6 Å². The molecule has 16 nitrogen and oxygen atoms in total. The van der Waals surface area contributed by atoms with Crippen LogP contribution in [0.2, 0.25) is 0 Å². The second kappa shape index (κ2) is 14.3. The molecule has 6 fully saturated rings. The van der Waals surface area contributed by atoms with Gasteiger partial charge in [0.05, 0.1) is 11.5 Å². The second-order valence-corrected chi connectivity index (χ2v) is 20.6. The van der Waals surface area contributed by atoms with E-state index >= 15 is 0 Å². The number of hydrogen-bond acceptors (Lipinski definition) is 13. The number of hydrogen-bond donors (Lipinski definition) is 8. The van der Waals surface area contributed by atoms with Crippen molar-refractivity contribution in [1.29, 1.82) is 0 Å². The number of rotatable bonds is 7. The Kier molecular flexibility index (Phi) is 10.7. The fourth-order valence-electron chi connectivity index (χ4n) is 13.4. The fraction of sp³-hybridized carbons (Fsp3) is 0.857. The lowest BCUT2D eigenvalue weighted by molar-refractivity contribution is -0.371. The molecular weight excluding hydrogens is 760 g/mol. The van der Waals surface area contributed by atoms with Gasteiger partial charge in [-0.2, -0.15) is 0 Å². The summed E-state index contributed by atoms with van der Waals surface area (Å²) >= 11 is 0. The van der Waals surface area contributed by atoms with Gasteiger partial charge in [0.15, 0.2) is 30.6 Å². The molecule has 0 spiro atoms. The quantitative estimate of drug-likeness (QED) is 0.171. The Morgan fingerprint density at radius 2 is 1.28 bits per heavy atom. The van der Waals surface area contributed by atoms with Crippen molar-refractivity contribution in [1.82, 2.24) is 0 Å². The lowest BCUT2D eigenvalue weighted by Gasteiger charge is -2.70. The number of ether oxygens (including phenoxy) is 4. The number of carbonyl (C=O) groups is 4. The lowest BCUT2D eigenvalue weighted by atomic mass is 9.33. The van der Waals surface area contributed by atoms with Crippen LogP contribution in [0, 0.1) is 50.2 Å². The van der Waals surface area contributed by atoms with Crippen LogP contribution in [-0.2, 0) is 38.1 Å². The number of aliphatic hydroxyl groups excluding tert-OH is 5. The van der Waals surface area contributed by atoms with E-state index in [1.807, 2.05) is 26.8 Å². The van der Waals surface area contributed by atoms with E-state index in [-0.39, 0.29) is 34.4 Å². The molecule has 58 heavy (non-hydrogen) atoms. The number of fused-ring (bicyclic) bond motifs is 7. The van der Waals surface area contributed by atoms with E-state index in [0.29, 0.717) is 25.7 Å². The van der Waals surface area contributed by atoms with E-state index in [1.54, 1.807) is 0 Å². The van der Waals surface area contributed by atoms with Crippen molar-refractivity contribution < 1.29 is 79.0 Å². The predicted molar refractivity (Wildman–Crippen MR) is 199 cm³/mol. The fourth-order valence-corrected chi connectivity index (χ4v) is 13.4. The Labute approximate surface area is 337 Å². The number of carboxylic acid groups (broad SMARTS) is 3. The molecule has 0 amide bonds. The molecule has 5 aliphatic carbocycles. The van der Waals surface area contributed by atoms with Gasteiger partial charge in [-0.1, -0.05) is 47.1 Å². The molecule has 2 heterocycles. The summed E-state index contributed by atoms with van der Waals surface area (Å²) in [5.41, 5.74) is -1.81. The van der Waals surface area contributed by atoms with Gasteiger partial charge in [0.25, 0.3) is 0 Å². The third-order valence-electron chi connectivity index (χ3n) is 17.2. The number of allylic oxidation sites excluding steroid dienone is 2. The van der Waals surface area contributed by atoms with Crippen LogP contribution in [0.1, 0.15) is 106 Å². The SMILES string of the molecule is CC1(C)[C@@H](O[C@H]2OC(C(=O)O)C(O)[C@H](O)[C@H]2O[C@@H]2OC(C(=O)O)[C@@H](O)C(O)C2O)CC[C@]2(C)[C@H]3C(=O)C=C4[C@H]5C[C@@](C)(C(=O)O)CC[C@]5(C)CC[C@@]4(C)[C@]3(C)CC[C@@H]12. The Hall–Kier alpha value is -2.54. The maximum absolute atomic E-state index is 14.8. The Morgan fingerprint density at radius 1 is 0.690 bits per heavy atom. The molecule has 4 saturated carbocycles. The highest BCUT2D eigenvalue weighted by Gasteiger charge is 2.71. The normalized spacial score (nSPS) is 52.6. The van der Waals surface area contributed by atoms with Gasteiger partial charge in [0.2, 0.25) is 0 Å². The lowest BCUT2D eigenvalue weighted by Crippen LogP contribution is -2.68. The smallest absolute Gasteiger partial charge is 0.335 e. The Balaban J connectivity index is 1.17. The monoisotopic (exact) mass is 822 g/mol. The molecule has 5 unspecified atom stereocenters. The summed E-state index contributed by atoms with van der Waals surface area (Å²) in [6.07, 6.45) is -12.2. The first-order valence-electron chi connectivity index (χ1n) is 20.7. The third kappa shape index (κ3) is 6.25. The molecule has 2 aliphatic heterocycles. The number of aliphatic hydroxyl groups is 5. The minimum Gasteiger partial charge on any atom is -0.481 e.